The van der Waals surface area contributed by atoms with Gasteiger partial charge in [0.15, 0.2) is 6.29 Å². The maximum atomic E-state index is 9.65. The van der Waals surface area contributed by atoms with Crippen LogP contribution < -0.4 is 0 Å². The Bertz CT molecular complexity index is 69.9. The Balaban J connectivity index is 2.25. The van der Waals surface area contributed by atoms with E-state index in [0.717, 1.165) is 6.29 Å². The second kappa shape index (κ2) is 1.05. The number of ether oxygens (including phenoxy) is 1. The van der Waals surface area contributed by atoms with Crippen molar-refractivity contribution < 1.29 is 9.53 Å². The Kier molecular flexibility index (Phi) is 0.665. The standard InChI is InChI=1S/C4H6O2/c1-3-4(2-5)6-3/h2-4H,1H3/t3-,4-/m1/s1. The van der Waals surface area contributed by atoms with Gasteiger partial charge < -0.3 is 9.53 Å². The summed E-state index contributed by atoms with van der Waals surface area (Å²) in [6, 6.07) is 0. The molecule has 6 heavy (non-hydrogen) atoms. The first kappa shape index (κ1) is 3.81. The van der Waals surface area contributed by atoms with E-state index >= 15 is 0 Å². The maximum absolute atomic E-state index is 9.65. The summed E-state index contributed by atoms with van der Waals surface area (Å²) in [5.41, 5.74) is 0. The van der Waals surface area contributed by atoms with Crippen molar-refractivity contribution in [3.63, 3.8) is 0 Å². The minimum Gasteiger partial charge on any atom is -0.362 e. The van der Waals surface area contributed by atoms with Gasteiger partial charge in [-0.2, -0.15) is 0 Å². The molecule has 0 aromatic carbocycles. The van der Waals surface area contributed by atoms with Gasteiger partial charge in [0.05, 0.1) is 6.10 Å². The van der Waals surface area contributed by atoms with E-state index in [2.05, 4.69) is 0 Å². The zero-order valence-electron chi connectivity index (χ0n) is 3.55. The molecule has 0 bridgehead atoms. The zero-order chi connectivity index (χ0) is 4.57. The molecule has 0 saturated carbocycles. The van der Waals surface area contributed by atoms with E-state index in [1.54, 1.807) is 0 Å². The summed E-state index contributed by atoms with van der Waals surface area (Å²) in [6.45, 7) is 1.87. The molecule has 2 heteroatoms. The molecule has 0 aromatic heterocycles. The Labute approximate surface area is 36.1 Å². The normalized spacial score (nSPS) is 42.2. The molecule has 1 fully saturated rings. The van der Waals surface area contributed by atoms with Crippen LogP contribution in [0.15, 0.2) is 0 Å². The molecule has 1 aliphatic rings. The van der Waals surface area contributed by atoms with Gasteiger partial charge >= 0.3 is 0 Å². The first-order valence-electron chi connectivity index (χ1n) is 1.95. The molecule has 0 spiro atoms. The van der Waals surface area contributed by atoms with E-state index in [-0.39, 0.29) is 12.2 Å². The van der Waals surface area contributed by atoms with Gasteiger partial charge in [0.25, 0.3) is 0 Å². The quantitative estimate of drug-likeness (QED) is 0.331. The molecule has 0 aromatic rings. The lowest BCUT2D eigenvalue weighted by Crippen LogP contribution is -1.86. The van der Waals surface area contributed by atoms with Gasteiger partial charge in [0.2, 0.25) is 0 Å². The van der Waals surface area contributed by atoms with Crippen LogP contribution in [0.4, 0.5) is 0 Å². The monoisotopic (exact) mass is 86.0 g/mol. The lowest BCUT2D eigenvalue weighted by Gasteiger charge is -1.58. The Hall–Kier alpha value is -0.370. The van der Waals surface area contributed by atoms with Gasteiger partial charge in [0.1, 0.15) is 6.10 Å². The molecule has 34 valence electrons. The fourth-order valence-electron chi connectivity index (χ4n) is 0.345. The summed E-state index contributed by atoms with van der Waals surface area (Å²) in [5.74, 6) is 0. The van der Waals surface area contributed by atoms with E-state index in [1.807, 2.05) is 6.92 Å². The number of aldehydes is 1. The van der Waals surface area contributed by atoms with Gasteiger partial charge in [-0.05, 0) is 6.92 Å². The number of epoxide rings is 1. The molecule has 2 atom stereocenters. The average molecular weight is 86.1 g/mol. The minimum atomic E-state index is -0.0787. The zero-order valence-corrected chi connectivity index (χ0v) is 3.55. The molecular weight excluding hydrogens is 80.0 g/mol. The molecule has 1 saturated heterocycles. The van der Waals surface area contributed by atoms with E-state index in [9.17, 15) is 4.79 Å². The van der Waals surface area contributed by atoms with E-state index in [4.69, 9.17) is 4.74 Å². The topological polar surface area (TPSA) is 29.6 Å². The molecule has 0 radical (unpaired) electrons. The lowest BCUT2D eigenvalue weighted by molar-refractivity contribution is -0.108. The Morgan fingerprint density at radius 3 is 2.33 bits per heavy atom. The van der Waals surface area contributed by atoms with Crippen LogP contribution in [0.3, 0.4) is 0 Å². The van der Waals surface area contributed by atoms with Crippen molar-refractivity contribution in [2.24, 2.45) is 0 Å². The Morgan fingerprint density at radius 1 is 1.83 bits per heavy atom. The third-order valence-electron chi connectivity index (χ3n) is 0.892. The first-order valence-corrected chi connectivity index (χ1v) is 1.95. The molecule has 0 unspecified atom stereocenters. The predicted octanol–water partition coefficient (Wildman–Crippen LogP) is -0.0274. The van der Waals surface area contributed by atoms with Crippen LogP contribution in [-0.2, 0) is 9.53 Å². The lowest BCUT2D eigenvalue weighted by atomic mass is 10.4. The number of carbonyl (C=O) groups is 1. The summed E-state index contributed by atoms with van der Waals surface area (Å²) >= 11 is 0. The maximum Gasteiger partial charge on any atom is 0.151 e. The van der Waals surface area contributed by atoms with E-state index < -0.39 is 0 Å². The fourth-order valence-corrected chi connectivity index (χ4v) is 0.345. The molecule has 1 heterocycles. The van der Waals surface area contributed by atoms with E-state index in [0.29, 0.717) is 0 Å². The van der Waals surface area contributed by atoms with Crippen molar-refractivity contribution >= 4 is 6.29 Å². The highest BCUT2D eigenvalue weighted by Gasteiger charge is 2.33. The summed E-state index contributed by atoms with van der Waals surface area (Å²) in [4.78, 5) is 9.65. The number of hydrogen-bond donors (Lipinski definition) is 0. The minimum absolute atomic E-state index is 0.0787. The molecule has 0 amide bonds. The summed E-state index contributed by atoms with van der Waals surface area (Å²) in [5, 5.41) is 0. The van der Waals surface area contributed by atoms with Crippen LogP contribution in [0.2, 0.25) is 0 Å². The largest absolute Gasteiger partial charge is 0.362 e. The van der Waals surface area contributed by atoms with Crippen molar-refractivity contribution in [1.29, 1.82) is 0 Å². The van der Waals surface area contributed by atoms with Crippen LogP contribution in [0.5, 0.6) is 0 Å². The highest BCUT2D eigenvalue weighted by Crippen LogP contribution is 2.16. The van der Waals surface area contributed by atoms with Gasteiger partial charge in [0, 0.05) is 0 Å². The predicted molar refractivity (Wildman–Crippen MR) is 20.4 cm³/mol. The SMILES string of the molecule is C[C@H]1O[C@@H]1C=O. The van der Waals surface area contributed by atoms with Crippen LogP contribution in [0.1, 0.15) is 6.92 Å². The van der Waals surface area contributed by atoms with Gasteiger partial charge in [-0.1, -0.05) is 0 Å². The summed E-state index contributed by atoms with van der Waals surface area (Å²) < 4.78 is 4.70. The average Bonchev–Trinajstić information content (AvgIpc) is 2.19. The molecule has 1 aliphatic heterocycles. The van der Waals surface area contributed by atoms with Crippen molar-refractivity contribution in [3.05, 3.63) is 0 Å². The third kappa shape index (κ3) is 0.431. The van der Waals surface area contributed by atoms with Gasteiger partial charge in [-0.25, -0.2) is 0 Å². The summed E-state index contributed by atoms with van der Waals surface area (Å²) in [7, 11) is 0. The smallest absolute Gasteiger partial charge is 0.151 e. The van der Waals surface area contributed by atoms with Gasteiger partial charge in [-0.15, -0.1) is 0 Å². The molecule has 1 rings (SSSR count). The fraction of sp³-hybridized carbons (Fsp3) is 0.750. The van der Waals surface area contributed by atoms with Gasteiger partial charge in [-0.3, -0.25) is 0 Å². The number of rotatable bonds is 1. The number of hydrogen-bond acceptors (Lipinski definition) is 2. The molecular formula is C4H6O2. The van der Waals surface area contributed by atoms with Crippen molar-refractivity contribution in [1.82, 2.24) is 0 Å². The van der Waals surface area contributed by atoms with Crippen LogP contribution in [-0.4, -0.2) is 18.5 Å². The third-order valence-corrected chi connectivity index (χ3v) is 0.892. The second-order valence-electron chi connectivity index (χ2n) is 1.44. The number of carbonyl (C=O) groups excluding carboxylic acids is 1. The molecule has 2 nitrogen and oxygen atoms in total. The van der Waals surface area contributed by atoms with E-state index in [1.165, 1.54) is 0 Å². The van der Waals surface area contributed by atoms with Crippen LogP contribution in [0, 0.1) is 0 Å². The van der Waals surface area contributed by atoms with Crippen molar-refractivity contribution in [3.8, 4) is 0 Å². The van der Waals surface area contributed by atoms with Crippen molar-refractivity contribution in [2.75, 3.05) is 0 Å². The first-order chi connectivity index (χ1) is 2.84. The van der Waals surface area contributed by atoms with Crippen LogP contribution in [0.25, 0.3) is 0 Å². The molecule has 0 N–H and O–H groups in total. The highest BCUT2D eigenvalue weighted by atomic mass is 16.6. The van der Waals surface area contributed by atoms with Crippen molar-refractivity contribution in [2.45, 2.75) is 19.1 Å². The second-order valence-corrected chi connectivity index (χ2v) is 1.44. The highest BCUT2D eigenvalue weighted by molar-refractivity contribution is 5.60. The van der Waals surface area contributed by atoms with Crippen LogP contribution >= 0.6 is 0 Å². The Morgan fingerprint density at radius 2 is 2.33 bits per heavy atom. The molecule has 0 aliphatic carbocycles. The summed E-state index contributed by atoms with van der Waals surface area (Å²) in [6.07, 6.45) is 0.942.